The smallest absolute Gasteiger partial charge is 0.0457 e. The molecule has 0 amide bonds. The number of para-hydroxylation sites is 1. The Balaban J connectivity index is 2.25. The first-order valence-electron chi connectivity index (χ1n) is 6.03. The molecule has 0 bridgehead atoms. The molecule has 0 spiro atoms. The molecule has 92 valence electrons. The highest BCUT2D eigenvalue weighted by Gasteiger charge is 2.23. The van der Waals surface area contributed by atoms with E-state index in [1.807, 2.05) is 0 Å². The second kappa shape index (κ2) is 5.15. The van der Waals surface area contributed by atoms with Crippen molar-refractivity contribution in [3.8, 4) is 0 Å². The highest BCUT2D eigenvalue weighted by atomic mass is 32.1. The van der Waals surface area contributed by atoms with Crippen molar-refractivity contribution in [2.24, 2.45) is 0 Å². The van der Waals surface area contributed by atoms with Gasteiger partial charge in [-0.25, -0.2) is 0 Å². The van der Waals surface area contributed by atoms with Gasteiger partial charge in [0.05, 0.1) is 0 Å². The Labute approximate surface area is 108 Å². The second-order valence-electron chi connectivity index (χ2n) is 5.03. The SMILES string of the molecule is CC(C)(CNCCS)c1c[nH]c2ccccc12. The van der Waals surface area contributed by atoms with Gasteiger partial charge in [0.1, 0.15) is 0 Å². The molecule has 1 aromatic heterocycles. The van der Waals surface area contributed by atoms with Crippen molar-refractivity contribution in [3.63, 3.8) is 0 Å². The van der Waals surface area contributed by atoms with Gasteiger partial charge in [-0.15, -0.1) is 0 Å². The van der Waals surface area contributed by atoms with Crippen LogP contribution in [0.2, 0.25) is 0 Å². The van der Waals surface area contributed by atoms with Gasteiger partial charge in [0, 0.05) is 41.4 Å². The molecule has 2 rings (SSSR count). The number of hydrogen-bond acceptors (Lipinski definition) is 2. The summed E-state index contributed by atoms with van der Waals surface area (Å²) in [6, 6.07) is 8.46. The number of benzene rings is 1. The number of thiol groups is 1. The number of aromatic amines is 1. The summed E-state index contributed by atoms with van der Waals surface area (Å²) in [7, 11) is 0. The molecule has 0 fully saturated rings. The molecule has 1 aromatic carbocycles. The van der Waals surface area contributed by atoms with Crippen molar-refractivity contribution in [1.29, 1.82) is 0 Å². The average molecular weight is 248 g/mol. The van der Waals surface area contributed by atoms with E-state index in [0.29, 0.717) is 0 Å². The summed E-state index contributed by atoms with van der Waals surface area (Å²) in [5.74, 6) is 0.879. The van der Waals surface area contributed by atoms with Crippen LogP contribution in [0.3, 0.4) is 0 Å². The fraction of sp³-hybridized carbons (Fsp3) is 0.429. The summed E-state index contributed by atoms with van der Waals surface area (Å²) >= 11 is 4.22. The molecule has 17 heavy (non-hydrogen) atoms. The number of hydrogen-bond donors (Lipinski definition) is 3. The molecular weight excluding hydrogens is 228 g/mol. The zero-order valence-corrected chi connectivity index (χ0v) is 11.3. The third-order valence-corrected chi connectivity index (χ3v) is 3.40. The van der Waals surface area contributed by atoms with Crippen molar-refractivity contribution in [3.05, 3.63) is 36.0 Å². The summed E-state index contributed by atoms with van der Waals surface area (Å²) in [6.45, 7) is 6.46. The van der Waals surface area contributed by atoms with Gasteiger partial charge in [0.2, 0.25) is 0 Å². The minimum Gasteiger partial charge on any atom is -0.361 e. The Bertz CT molecular complexity index is 488. The maximum absolute atomic E-state index is 4.22. The summed E-state index contributed by atoms with van der Waals surface area (Å²) in [4.78, 5) is 3.34. The van der Waals surface area contributed by atoms with Gasteiger partial charge < -0.3 is 10.3 Å². The molecular formula is C14H20N2S. The first-order valence-corrected chi connectivity index (χ1v) is 6.66. The van der Waals surface area contributed by atoms with Crippen LogP contribution in [0.5, 0.6) is 0 Å². The molecule has 0 aliphatic rings. The molecule has 0 aliphatic carbocycles. The Kier molecular flexibility index (Phi) is 3.79. The maximum Gasteiger partial charge on any atom is 0.0457 e. The lowest BCUT2D eigenvalue weighted by Crippen LogP contribution is -2.33. The van der Waals surface area contributed by atoms with Gasteiger partial charge >= 0.3 is 0 Å². The lowest BCUT2D eigenvalue weighted by Gasteiger charge is -2.25. The normalized spacial score (nSPS) is 12.2. The lowest BCUT2D eigenvalue weighted by molar-refractivity contribution is 0.482. The van der Waals surface area contributed by atoms with Crippen molar-refractivity contribution < 1.29 is 0 Å². The van der Waals surface area contributed by atoms with Crippen LogP contribution in [-0.2, 0) is 5.41 Å². The molecule has 1 heterocycles. The molecule has 0 saturated heterocycles. The van der Waals surface area contributed by atoms with Gasteiger partial charge in [-0.3, -0.25) is 0 Å². The van der Waals surface area contributed by atoms with E-state index in [2.05, 4.69) is 67.2 Å². The minimum absolute atomic E-state index is 0.128. The Morgan fingerprint density at radius 1 is 1.29 bits per heavy atom. The molecule has 2 aromatic rings. The van der Waals surface area contributed by atoms with Crippen molar-refractivity contribution >= 4 is 23.5 Å². The van der Waals surface area contributed by atoms with Crippen LogP contribution >= 0.6 is 12.6 Å². The van der Waals surface area contributed by atoms with Gasteiger partial charge in [-0.1, -0.05) is 32.0 Å². The first kappa shape index (κ1) is 12.5. The summed E-state index contributed by atoms with van der Waals surface area (Å²) in [5, 5.41) is 4.76. The van der Waals surface area contributed by atoms with Gasteiger partial charge in [-0.2, -0.15) is 12.6 Å². The fourth-order valence-corrected chi connectivity index (χ4v) is 2.36. The molecule has 0 aliphatic heterocycles. The van der Waals surface area contributed by atoms with Gasteiger partial charge in [0.15, 0.2) is 0 Å². The second-order valence-corrected chi connectivity index (χ2v) is 5.48. The average Bonchev–Trinajstić information content (AvgIpc) is 2.73. The lowest BCUT2D eigenvalue weighted by atomic mass is 9.84. The topological polar surface area (TPSA) is 27.8 Å². The van der Waals surface area contributed by atoms with E-state index >= 15 is 0 Å². The maximum atomic E-state index is 4.22. The van der Waals surface area contributed by atoms with Crippen molar-refractivity contribution in [1.82, 2.24) is 10.3 Å². The Hall–Kier alpha value is -0.930. The quantitative estimate of drug-likeness (QED) is 0.551. The van der Waals surface area contributed by atoms with Crippen LogP contribution in [0.25, 0.3) is 10.9 Å². The monoisotopic (exact) mass is 248 g/mol. The van der Waals surface area contributed by atoms with E-state index in [1.165, 1.54) is 16.5 Å². The van der Waals surface area contributed by atoms with Crippen LogP contribution in [0.15, 0.2) is 30.5 Å². The van der Waals surface area contributed by atoms with Crippen LogP contribution in [0, 0.1) is 0 Å². The predicted molar refractivity (Wildman–Crippen MR) is 78.0 cm³/mol. The first-order chi connectivity index (χ1) is 8.15. The molecule has 2 nitrogen and oxygen atoms in total. The van der Waals surface area contributed by atoms with Crippen LogP contribution in [-0.4, -0.2) is 23.8 Å². The van der Waals surface area contributed by atoms with Gasteiger partial charge in [-0.05, 0) is 11.6 Å². The van der Waals surface area contributed by atoms with Crippen molar-refractivity contribution in [2.45, 2.75) is 19.3 Å². The fourth-order valence-electron chi connectivity index (χ4n) is 2.21. The standard InChI is InChI=1S/C14H20N2S/c1-14(2,10-15-7-8-17)12-9-16-13-6-4-3-5-11(12)13/h3-6,9,15-17H,7-8,10H2,1-2H3. The van der Waals surface area contributed by atoms with E-state index in [1.54, 1.807) is 0 Å². The van der Waals surface area contributed by atoms with Crippen LogP contribution < -0.4 is 5.32 Å². The molecule has 0 atom stereocenters. The van der Waals surface area contributed by atoms with E-state index in [0.717, 1.165) is 18.8 Å². The Morgan fingerprint density at radius 2 is 2.06 bits per heavy atom. The highest BCUT2D eigenvalue weighted by Crippen LogP contribution is 2.29. The summed E-state index contributed by atoms with van der Waals surface area (Å²) in [6.07, 6.45) is 2.13. The minimum atomic E-state index is 0.128. The number of nitrogens with one attached hydrogen (secondary N) is 2. The Morgan fingerprint density at radius 3 is 2.82 bits per heavy atom. The van der Waals surface area contributed by atoms with Crippen LogP contribution in [0.1, 0.15) is 19.4 Å². The van der Waals surface area contributed by atoms with E-state index in [9.17, 15) is 0 Å². The molecule has 0 saturated carbocycles. The number of fused-ring (bicyclic) bond motifs is 1. The van der Waals surface area contributed by atoms with E-state index < -0.39 is 0 Å². The molecule has 0 radical (unpaired) electrons. The molecule has 0 unspecified atom stereocenters. The largest absolute Gasteiger partial charge is 0.361 e. The number of aromatic nitrogens is 1. The zero-order valence-electron chi connectivity index (χ0n) is 10.5. The predicted octanol–water partition coefficient (Wildman–Crippen LogP) is 2.96. The van der Waals surface area contributed by atoms with E-state index in [4.69, 9.17) is 0 Å². The summed E-state index contributed by atoms with van der Waals surface area (Å²) < 4.78 is 0. The zero-order chi connectivity index (χ0) is 12.3. The van der Waals surface area contributed by atoms with Gasteiger partial charge in [0.25, 0.3) is 0 Å². The van der Waals surface area contributed by atoms with Crippen LogP contribution in [0.4, 0.5) is 0 Å². The third kappa shape index (κ3) is 2.67. The van der Waals surface area contributed by atoms with E-state index in [-0.39, 0.29) is 5.41 Å². The molecule has 3 heteroatoms. The third-order valence-electron chi connectivity index (χ3n) is 3.17. The number of H-pyrrole nitrogens is 1. The highest BCUT2D eigenvalue weighted by molar-refractivity contribution is 7.80. The molecule has 2 N–H and O–H groups in total. The van der Waals surface area contributed by atoms with Crippen molar-refractivity contribution in [2.75, 3.05) is 18.8 Å². The summed E-state index contributed by atoms with van der Waals surface area (Å²) in [5.41, 5.74) is 2.72. The number of rotatable bonds is 5.